The molecule has 3 nitrogen and oxygen atoms in total. The number of amides is 1. The molecule has 0 bridgehead atoms. The van der Waals surface area contributed by atoms with Gasteiger partial charge in [-0.15, -0.1) is 0 Å². The van der Waals surface area contributed by atoms with Gasteiger partial charge >= 0.3 is 0 Å². The standard InChI is InChI=1S/C13H17BrClNO2/c1-7(2)12(14)13(17)16-10-5-8(3)9(15)6-11(10)18-4/h5-7,12H,1-4H3,(H,16,17). The minimum Gasteiger partial charge on any atom is -0.495 e. The van der Waals surface area contributed by atoms with E-state index in [-0.39, 0.29) is 16.7 Å². The van der Waals surface area contributed by atoms with E-state index in [1.165, 1.54) is 0 Å². The van der Waals surface area contributed by atoms with E-state index in [0.29, 0.717) is 16.5 Å². The number of hydrogen-bond donors (Lipinski definition) is 1. The fourth-order valence-electron chi connectivity index (χ4n) is 1.43. The first kappa shape index (κ1) is 15.3. The molecule has 5 heteroatoms. The maximum Gasteiger partial charge on any atom is 0.238 e. The summed E-state index contributed by atoms with van der Waals surface area (Å²) in [5.74, 6) is 0.678. The Morgan fingerprint density at radius 2 is 2.06 bits per heavy atom. The fourth-order valence-corrected chi connectivity index (χ4v) is 1.70. The van der Waals surface area contributed by atoms with Crippen molar-refractivity contribution in [3.8, 4) is 5.75 Å². The van der Waals surface area contributed by atoms with E-state index in [0.717, 1.165) is 5.56 Å². The average molecular weight is 335 g/mol. The largest absolute Gasteiger partial charge is 0.495 e. The number of methoxy groups -OCH3 is 1. The molecule has 1 amide bonds. The van der Waals surface area contributed by atoms with E-state index in [4.69, 9.17) is 16.3 Å². The Morgan fingerprint density at radius 1 is 1.44 bits per heavy atom. The molecule has 0 aliphatic rings. The van der Waals surface area contributed by atoms with Gasteiger partial charge in [-0.1, -0.05) is 41.4 Å². The van der Waals surface area contributed by atoms with E-state index >= 15 is 0 Å². The van der Waals surface area contributed by atoms with Crippen LogP contribution in [0.1, 0.15) is 19.4 Å². The Bertz CT molecular complexity index is 449. The number of alkyl halides is 1. The molecule has 0 aromatic heterocycles. The highest BCUT2D eigenvalue weighted by Crippen LogP contribution is 2.31. The summed E-state index contributed by atoms with van der Waals surface area (Å²) in [5, 5.41) is 3.46. The molecule has 1 aromatic rings. The summed E-state index contributed by atoms with van der Waals surface area (Å²) in [6.07, 6.45) is 0. The molecular weight excluding hydrogens is 318 g/mol. The summed E-state index contributed by atoms with van der Waals surface area (Å²) in [5.41, 5.74) is 1.53. The highest BCUT2D eigenvalue weighted by molar-refractivity contribution is 9.10. The number of carbonyl (C=O) groups excluding carboxylic acids is 1. The lowest BCUT2D eigenvalue weighted by molar-refractivity contribution is -0.116. The number of benzene rings is 1. The molecule has 0 saturated carbocycles. The minimum absolute atomic E-state index is 0.0926. The van der Waals surface area contributed by atoms with Gasteiger partial charge in [0.1, 0.15) is 5.75 Å². The molecule has 0 spiro atoms. The predicted molar refractivity (Wildman–Crippen MR) is 78.9 cm³/mol. The lowest BCUT2D eigenvalue weighted by atomic mass is 10.1. The second-order valence-electron chi connectivity index (χ2n) is 4.44. The molecular formula is C13H17BrClNO2. The molecule has 100 valence electrons. The smallest absolute Gasteiger partial charge is 0.238 e. The Balaban J connectivity index is 2.97. The maximum atomic E-state index is 12.0. The molecule has 0 fully saturated rings. The van der Waals surface area contributed by atoms with Gasteiger partial charge in [-0.25, -0.2) is 0 Å². The van der Waals surface area contributed by atoms with Crippen LogP contribution in [0.15, 0.2) is 12.1 Å². The van der Waals surface area contributed by atoms with E-state index in [2.05, 4.69) is 21.2 Å². The highest BCUT2D eigenvalue weighted by Gasteiger charge is 2.20. The molecule has 0 aliphatic carbocycles. The molecule has 0 saturated heterocycles. The second-order valence-corrected chi connectivity index (χ2v) is 5.83. The van der Waals surface area contributed by atoms with Gasteiger partial charge in [0.15, 0.2) is 0 Å². The molecule has 1 atom stereocenters. The molecule has 0 aliphatic heterocycles. The van der Waals surface area contributed by atoms with Crippen LogP contribution in [0.4, 0.5) is 5.69 Å². The maximum absolute atomic E-state index is 12.0. The van der Waals surface area contributed by atoms with Crippen LogP contribution < -0.4 is 10.1 Å². The van der Waals surface area contributed by atoms with Crippen LogP contribution in [0.2, 0.25) is 5.02 Å². The van der Waals surface area contributed by atoms with Crippen LogP contribution in [0.5, 0.6) is 5.75 Å². The minimum atomic E-state index is -0.238. The van der Waals surface area contributed by atoms with Gasteiger partial charge in [-0.2, -0.15) is 0 Å². The lowest BCUT2D eigenvalue weighted by Crippen LogP contribution is -2.27. The monoisotopic (exact) mass is 333 g/mol. The SMILES string of the molecule is COc1cc(Cl)c(C)cc1NC(=O)C(Br)C(C)C. The highest BCUT2D eigenvalue weighted by atomic mass is 79.9. The zero-order valence-corrected chi connectivity index (χ0v) is 13.2. The topological polar surface area (TPSA) is 38.3 Å². The number of halogens is 2. The summed E-state index contributed by atoms with van der Waals surface area (Å²) in [6, 6.07) is 3.50. The molecule has 1 unspecified atom stereocenters. The number of aryl methyl sites for hydroxylation is 1. The first-order valence-corrected chi connectivity index (χ1v) is 6.95. The van der Waals surface area contributed by atoms with Crippen LogP contribution >= 0.6 is 27.5 Å². The van der Waals surface area contributed by atoms with Crippen molar-refractivity contribution < 1.29 is 9.53 Å². The predicted octanol–water partition coefficient (Wildman–Crippen LogP) is 4.02. The number of ether oxygens (including phenoxy) is 1. The molecule has 1 N–H and O–H groups in total. The van der Waals surface area contributed by atoms with Gasteiger partial charge in [-0.3, -0.25) is 4.79 Å². The van der Waals surface area contributed by atoms with Crippen molar-refractivity contribution in [2.75, 3.05) is 12.4 Å². The molecule has 0 radical (unpaired) electrons. The third-order valence-corrected chi connectivity index (χ3v) is 4.45. The number of anilines is 1. The van der Waals surface area contributed by atoms with Crippen molar-refractivity contribution in [1.29, 1.82) is 0 Å². The van der Waals surface area contributed by atoms with Gasteiger partial charge in [-0.05, 0) is 24.5 Å². The van der Waals surface area contributed by atoms with Crippen LogP contribution in [0.3, 0.4) is 0 Å². The fraction of sp³-hybridized carbons (Fsp3) is 0.462. The number of hydrogen-bond acceptors (Lipinski definition) is 2. The summed E-state index contributed by atoms with van der Waals surface area (Å²) >= 11 is 9.38. The molecule has 1 aromatic carbocycles. The Morgan fingerprint density at radius 3 is 2.56 bits per heavy atom. The second kappa shape index (κ2) is 6.43. The lowest BCUT2D eigenvalue weighted by Gasteiger charge is -2.16. The van der Waals surface area contributed by atoms with Crippen molar-refractivity contribution >= 4 is 39.1 Å². The van der Waals surface area contributed by atoms with Gasteiger partial charge in [0.2, 0.25) is 5.91 Å². The van der Waals surface area contributed by atoms with Gasteiger partial charge < -0.3 is 10.1 Å². The number of rotatable bonds is 4. The quantitative estimate of drug-likeness (QED) is 0.845. The van der Waals surface area contributed by atoms with Gasteiger partial charge in [0, 0.05) is 11.1 Å². The van der Waals surface area contributed by atoms with Crippen molar-refractivity contribution in [3.63, 3.8) is 0 Å². The van der Waals surface area contributed by atoms with Crippen LogP contribution in [-0.4, -0.2) is 17.8 Å². The van der Waals surface area contributed by atoms with Crippen molar-refractivity contribution in [3.05, 3.63) is 22.7 Å². The average Bonchev–Trinajstić information content (AvgIpc) is 2.32. The van der Waals surface area contributed by atoms with Crippen LogP contribution in [-0.2, 0) is 4.79 Å². The molecule has 0 heterocycles. The first-order valence-electron chi connectivity index (χ1n) is 5.66. The third kappa shape index (κ3) is 3.62. The van der Waals surface area contributed by atoms with Gasteiger partial charge in [0.05, 0.1) is 17.6 Å². The van der Waals surface area contributed by atoms with Gasteiger partial charge in [0.25, 0.3) is 0 Å². The Labute approximate surface area is 121 Å². The molecule has 1 rings (SSSR count). The zero-order valence-electron chi connectivity index (χ0n) is 10.9. The van der Waals surface area contributed by atoms with E-state index in [9.17, 15) is 4.79 Å². The van der Waals surface area contributed by atoms with E-state index in [1.807, 2.05) is 20.8 Å². The number of nitrogens with one attached hydrogen (secondary N) is 1. The van der Waals surface area contributed by atoms with Crippen LogP contribution in [0.25, 0.3) is 0 Å². The first-order chi connectivity index (χ1) is 8.36. The third-order valence-electron chi connectivity index (χ3n) is 2.57. The summed E-state index contributed by atoms with van der Waals surface area (Å²) < 4.78 is 5.21. The Hall–Kier alpha value is -0.740. The summed E-state index contributed by atoms with van der Waals surface area (Å²) in [6.45, 7) is 5.83. The summed E-state index contributed by atoms with van der Waals surface area (Å²) in [4.78, 5) is 11.7. The van der Waals surface area contributed by atoms with Crippen molar-refractivity contribution in [2.24, 2.45) is 5.92 Å². The van der Waals surface area contributed by atoms with Crippen molar-refractivity contribution in [1.82, 2.24) is 0 Å². The Kier molecular flexibility index (Phi) is 5.47. The van der Waals surface area contributed by atoms with Crippen LogP contribution in [0, 0.1) is 12.8 Å². The number of carbonyl (C=O) groups is 1. The van der Waals surface area contributed by atoms with Crippen molar-refractivity contribution in [2.45, 2.75) is 25.6 Å². The normalized spacial score (nSPS) is 12.4. The zero-order chi connectivity index (χ0) is 13.9. The van der Waals surface area contributed by atoms with E-state index in [1.54, 1.807) is 19.2 Å². The summed E-state index contributed by atoms with van der Waals surface area (Å²) in [7, 11) is 1.55. The van der Waals surface area contributed by atoms with E-state index < -0.39 is 0 Å². The molecule has 18 heavy (non-hydrogen) atoms.